The van der Waals surface area contributed by atoms with Gasteiger partial charge in [0.2, 0.25) is 11.8 Å². The largest absolute Gasteiger partial charge is 0.416 e. The normalized spacial score (nSPS) is 14.7. The van der Waals surface area contributed by atoms with Gasteiger partial charge in [0.25, 0.3) is 0 Å². The van der Waals surface area contributed by atoms with Crippen LogP contribution in [0.5, 0.6) is 0 Å². The van der Waals surface area contributed by atoms with E-state index in [0.29, 0.717) is 13.1 Å². The summed E-state index contributed by atoms with van der Waals surface area (Å²) >= 11 is 0. The summed E-state index contributed by atoms with van der Waals surface area (Å²) in [6.07, 6.45) is -1.78. The highest BCUT2D eigenvalue weighted by Crippen LogP contribution is 2.29. The lowest BCUT2D eigenvalue weighted by Gasteiger charge is -2.36. The summed E-state index contributed by atoms with van der Waals surface area (Å²) in [4.78, 5) is 28.3. The monoisotopic (exact) mass is 431 g/mol. The maximum absolute atomic E-state index is 12.7. The molecule has 0 atom stereocenters. The first kappa shape index (κ1) is 22.4. The number of halogens is 3. The van der Waals surface area contributed by atoms with Gasteiger partial charge in [0.05, 0.1) is 5.56 Å². The minimum Gasteiger partial charge on any atom is -0.368 e. The maximum atomic E-state index is 12.7. The van der Waals surface area contributed by atoms with Gasteiger partial charge in [0, 0.05) is 50.9 Å². The average molecular weight is 431 g/mol. The van der Waals surface area contributed by atoms with Crippen molar-refractivity contribution >= 4 is 23.6 Å². The number of hydrogen-bond donors (Lipinski definition) is 1. The molecule has 0 saturated carbocycles. The standard InChI is InChI=1S/C23H24F3N3O2/c24-23(25,26)19-6-4-5-18(17-19)9-10-21(30)27-12-11-22(31)29-15-13-28(14-16-29)20-7-2-1-3-8-20/h1-10,17H,11-16H2,(H,27,30)/b10-9+. The Morgan fingerprint density at radius 3 is 2.35 bits per heavy atom. The Morgan fingerprint density at radius 1 is 0.968 bits per heavy atom. The van der Waals surface area contributed by atoms with Gasteiger partial charge in [-0.1, -0.05) is 30.3 Å². The molecule has 0 bridgehead atoms. The Morgan fingerprint density at radius 2 is 1.68 bits per heavy atom. The van der Waals surface area contributed by atoms with Crippen molar-refractivity contribution in [2.45, 2.75) is 12.6 Å². The highest BCUT2D eigenvalue weighted by molar-refractivity contribution is 5.92. The third-order valence-corrected chi connectivity index (χ3v) is 5.03. The van der Waals surface area contributed by atoms with Crippen LogP contribution in [0.2, 0.25) is 0 Å². The van der Waals surface area contributed by atoms with Crippen LogP contribution in [-0.2, 0) is 15.8 Å². The van der Waals surface area contributed by atoms with E-state index in [4.69, 9.17) is 0 Å². The Kier molecular flexibility index (Phi) is 7.33. The minimum atomic E-state index is -4.43. The average Bonchev–Trinajstić information content (AvgIpc) is 2.78. The number of para-hydroxylation sites is 1. The van der Waals surface area contributed by atoms with Crippen molar-refractivity contribution in [2.24, 2.45) is 0 Å². The number of nitrogens with one attached hydrogen (secondary N) is 1. The van der Waals surface area contributed by atoms with Gasteiger partial charge in [0.15, 0.2) is 0 Å². The number of benzene rings is 2. The van der Waals surface area contributed by atoms with Crippen molar-refractivity contribution in [3.8, 4) is 0 Å². The van der Waals surface area contributed by atoms with E-state index in [-0.39, 0.29) is 24.4 Å². The smallest absolute Gasteiger partial charge is 0.368 e. The molecule has 0 spiro atoms. The first-order chi connectivity index (χ1) is 14.8. The topological polar surface area (TPSA) is 52.7 Å². The molecule has 0 aliphatic carbocycles. The summed E-state index contributed by atoms with van der Waals surface area (Å²) in [5.74, 6) is -0.492. The molecule has 1 N–H and O–H groups in total. The molecule has 1 aliphatic heterocycles. The molecule has 0 radical (unpaired) electrons. The van der Waals surface area contributed by atoms with Crippen molar-refractivity contribution in [2.75, 3.05) is 37.6 Å². The van der Waals surface area contributed by atoms with Crippen LogP contribution in [0, 0.1) is 0 Å². The van der Waals surface area contributed by atoms with E-state index in [1.807, 2.05) is 30.3 Å². The summed E-state index contributed by atoms with van der Waals surface area (Å²) in [6.45, 7) is 2.92. The molecule has 164 valence electrons. The van der Waals surface area contributed by atoms with E-state index in [1.165, 1.54) is 24.3 Å². The number of alkyl halides is 3. The minimum absolute atomic E-state index is 0.0325. The van der Waals surface area contributed by atoms with E-state index in [2.05, 4.69) is 10.2 Å². The van der Waals surface area contributed by atoms with E-state index >= 15 is 0 Å². The zero-order valence-corrected chi connectivity index (χ0v) is 16.9. The molecule has 1 fully saturated rings. The Bertz CT molecular complexity index is 921. The summed E-state index contributed by atoms with van der Waals surface area (Å²) in [7, 11) is 0. The number of amides is 2. The quantitative estimate of drug-likeness (QED) is 0.712. The number of nitrogens with zero attached hydrogens (tertiary/aromatic N) is 2. The molecule has 1 heterocycles. The zero-order valence-electron chi connectivity index (χ0n) is 16.9. The number of piperazine rings is 1. The van der Waals surface area contributed by atoms with Gasteiger partial charge >= 0.3 is 6.18 Å². The van der Waals surface area contributed by atoms with Crippen molar-refractivity contribution < 1.29 is 22.8 Å². The highest BCUT2D eigenvalue weighted by Gasteiger charge is 2.30. The van der Waals surface area contributed by atoms with E-state index in [0.717, 1.165) is 30.9 Å². The predicted octanol–water partition coefficient (Wildman–Crippen LogP) is 3.57. The molecule has 2 amide bonds. The Hall–Kier alpha value is -3.29. The van der Waals surface area contributed by atoms with E-state index < -0.39 is 17.6 Å². The molecular weight excluding hydrogens is 407 g/mol. The molecule has 0 unspecified atom stereocenters. The van der Waals surface area contributed by atoms with Crippen LogP contribution in [-0.4, -0.2) is 49.4 Å². The first-order valence-electron chi connectivity index (χ1n) is 10.0. The molecular formula is C23H24F3N3O2. The lowest BCUT2D eigenvalue weighted by Crippen LogP contribution is -2.49. The number of carbonyl (C=O) groups is 2. The van der Waals surface area contributed by atoms with Gasteiger partial charge in [-0.05, 0) is 35.9 Å². The summed E-state index contributed by atoms with van der Waals surface area (Å²) in [6, 6.07) is 14.7. The number of rotatable bonds is 6. The molecule has 1 saturated heterocycles. The molecule has 2 aromatic carbocycles. The number of hydrogen-bond acceptors (Lipinski definition) is 3. The van der Waals surface area contributed by atoms with Crippen LogP contribution >= 0.6 is 0 Å². The number of anilines is 1. The van der Waals surface area contributed by atoms with Crippen LogP contribution in [0.4, 0.5) is 18.9 Å². The van der Waals surface area contributed by atoms with Gasteiger partial charge in [-0.25, -0.2) is 0 Å². The van der Waals surface area contributed by atoms with Gasteiger partial charge in [-0.3, -0.25) is 9.59 Å². The molecule has 2 aromatic rings. The molecule has 3 rings (SSSR count). The van der Waals surface area contributed by atoms with Gasteiger partial charge in [0.1, 0.15) is 0 Å². The van der Waals surface area contributed by atoms with Crippen molar-refractivity contribution in [3.63, 3.8) is 0 Å². The van der Waals surface area contributed by atoms with Crippen LogP contribution in [0.25, 0.3) is 6.08 Å². The fourth-order valence-electron chi connectivity index (χ4n) is 3.35. The Balaban J connectivity index is 1.40. The second kappa shape index (κ2) is 10.1. The van der Waals surface area contributed by atoms with Crippen LogP contribution < -0.4 is 10.2 Å². The fourth-order valence-corrected chi connectivity index (χ4v) is 3.35. The zero-order chi connectivity index (χ0) is 22.3. The van der Waals surface area contributed by atoms with Crippen molar-refractivity contribution in [3.05, 3.63) is 71.8 Å². The SMILES string of the molecule is O=C(/C=C/c1cccc(C(F)(F)F)c1)NCCC(=O)N1CCN(c2ccccc2)CC1. The molecule has 1 aliphatic rings. The van der Waals surface area contributed by atoms with Crippen molar-refractivity contribution in [1.82, 2.24) is 10.2 Å². The van der Waals surface area contributed by atoms with E-state index in [9.17, 15) is 22.8 Å². The third-order valence-electron chi connectivity index (χ3n) is 5.03. The highest BCUT2D eigenvalue weighted by atomic mass is 19.4. The maximum Gasteiger partial charge on any atom is 0.416 e. The Labute approximate surface area is 179 Å². The second-order valence-corrected chi connectivity index (χ2v) is 7.20. The van der Waals surface area contributed by atoms with Crippen LogP contribution in [0.3, 0.4) is 0 Å². The molecule has 5 nitrogen and oxygen atoms in total. The fraction of sp³-hybridized carbons (Fsp3) is 0.304. The second-order valence-electron chi connectivity index (χ2n) is 7.20. The molecule has 0 aromatic heterocycles. The van der Waals surface area contributed by atoms with Gasteiger partial charge in [-0.15, -0.1) is 0 Å². The number of carbonyl (C=O) groups excluding carboxylic acids is 2. The van der Waals surface area contributed by atoms with E-state index in [1.54, 1.807) is 4.90 Å². The van der Waals surface area contributed by atoms with Crippen LogP contribution in [0.1, 0.15) is 17.5 Å². The van der Waals surface area contributed by atoms with Gasteiger partial charge in [-0.2, -0.15) is 13.2 Å². The predicted molar refractivity (Wildman–Crippen MR) is 113 cm³/mol. The lowest BCUT2D eigenvalue weighted by molar-refractivity contribution is -0.137. The lowest BCUT2D eigenvalue weighted by atomic mass is 10.1. The van der Waals surface area contributed by atoms with Crippen molar-refractivity contribution in [1.29, 1.82) is 0 Å². The summed E-state index contributed by atoms with van der Waals surface area (Å²) in [5.41, 5.74) is 0.639. The first-order valence-corrected chi connectivity index (χ1v) is 10.0. The third kappa shape index (κ3) is 6.60. The summed E-state index contributed by atoms with van der Waals surface area (Å²) < 4.78 is 38.2. The molecule has 31 heavy (non-hydrogen) atoms. The summed E-state index contributed by atoms with van der Waals surface area (Å²) in [5, 5.41) is 2.60. The van der Waals surface area contributed by atoms with Crippen LogP contribution in [0.15, 0.2) is 60.7 Å². The van der Waals surface area contributed by atoms with Gasteiger partial charge < -0.3 is 15.1 Å². The molecule has 8 heteroatoms.